The largest absolute Gasteiger partial charge is 0.478 e. The fourth-order valence-corrected chi connectivity index (χ4v) is 3.88. The van der Waals surface area contributed by atoms with Crippen LogP contribution in [0.2, 0.25) is 0 Å². The van der Waals surface area contributed by atoms with Gasteiger partial charge < -0.3 is 18.7 Å². The lowest BCUT2D eigenvalue weighted by atomic mass is 10.1. The Morgan fingerprint density at radius 1 is 1.14 bits per heavy atom. The Kier molecular flexibility index (Phi) is 7.37. The standard InChI is InChI=1S/C26H26BrN3O5/c1-17-22(29-24(34-17)19-5-4-6-20(27)13-19)15-30(16-23-28-11-12-33-23)14-18-7-9-21(10-8-18)35-26(2,3)25(31)32/h4-13H,14-16H2,1-3H3,(H,31,32). The van der Waals surface area contributed by atoms with Crippen LogP contribution in [-0.2, 0) is 24.4 Å². The Labute approximate surface area is 211 Å². The van der Waals surface area contributed by atoms with Gasteiger partial charge in [-0.1, -0.05) is 34.1 Å². The maximum atomic E-state index is 11.3. The second-order valence-corrected chi connectivity index (χ2v) is 9.58. The normalized spacial score (nSPS) is 11.7. The first-order valence-electron chi connectivity index (χ1n) is 11.0. The van der Waals surface area contributed by atoms with Crippen LogP contribution in [0, 0.1) is 6.92 Å². The Hall–Kier alpha value is -3.43. The molecule has 1 N–H and O–H groups in total. The van der Waals surface area contributed by atoms with Crippen LogP contribution in [0.3, 0.4) is 0 Å². The topological polar surface area (TPSA) is 102 Å². The van der Waals surface area contributed by atoms with E-state index in [9.17, 15) is 9.90 Å². The molecule has 0 unspecified atom stereocenters. The number of aryl methyl sites for hydroxylation is 1. The summed E-state index contributed by atoms with van der Waals surface area (Å²) in [5.74, 6) is 1.38. The number of carbonyl (C=O) groups is 1. The molecule has 2 aromatic heterocycles. The Morgan fingerprint density at radius 2 is 1.91 bits per heavy atom. The van der Waals surface area contributed by atoms with Crippen molar-refractivity contribution in [1.29, 1.82) is 0 Å². The molecule has 35 heavy (non-hydrogen) atoms. The number of ether oxygens (including phenoxy) is 1. The van der Waals surface area contributed by atoms with Crippen LogP contribution in [0.25, 0.3) is 11.5 Å². The average Bonchev–Trinajstić information content (AvgIpc) is 3.45. The summed E-state index contributed by atoms with van der Waals surface area (Å²) in [4.78, 5) is 22.5. The molecule has 0 bridgehead atoms. The molecule has 4 rings (SSSR count). The van der Waals surface area contributed by atoms with E-state index in [1.807, 2.05) is 43.3 Å². The molecule has 0 amide bonds. The molecule has 0 radical (unpaired) electrons. The van der Waals surface area contributed by atoms with Crippen LogP contribution in [-0.4, -0.2) is 31.5 Å². The van der Waals surface area contributed by atoms with Gasteiger partial charge in [-0.2, -0.15) is 0 Å². The van der Waals surface area contributed by atoms with E-state index < -0.39 is 11.6 Å². The van der Waals surface area contributed by atoms with Crippen molar-refractivity contribution in [3.63, 3.8) is 0 Å². The molecule has 0 aliphatic heterocycles. The van der Waals surface area contributed by atoms with Gasteiger partial charge in [0.15, 0.2) is 5.60 Å². The Bertz CT molecular complexity index is 1280. The van der Waals surface area contributed by atoms with E-state index >= 15 is 0 Å². The predicted molar refractivity (Wildman–Crippen MR) is 133 cm³/mol. The molecular weight excluding hydrogens is 514 g/mol. The van der Waals surface area contributed by atoms with E-state index in [1.54, 1.807) is 24.6 Å². The second kappa shape index (κ2) is 10.5. The molecule has 0 spiro atoms. The van der Waals surface area contributed by atoms with Crippen molar-refractivity contribution < 1.29 is 23.5 Å². The van der Waals surface area contributed by atoms with Crippen molar-refractivity contribution in [3.8, 4) is 17.2 Å². The minimum absolute atomic E-state index is 0.482. The smallest absolute Gasteiger partial charge is 0.347 e. The third kappa shape index (κ3) is 6.37. The first kappa shape index (κ1) is 24.7. The van der Waals surface area contributed by atoms with E-state index in [2.05, 4.69) is 25.8 Å². The number of aromatic nitrogens is 2. The molecule has 0 aliphatic carbocycles. The van der Waals surface area contributed by atoms with Crippen LogP contribution in [0.1, 0.15) is 36.8 Å². The van der Waals surface area contributed by atoms with Gasteiger partial charge in [0.1, 0.15) is 17.8 Å². The molecule has 2 aromatic carbocycles. The van der Waals surface area contributed by atoms with Crippen molar-refractivity contribution in [2.45, 2.75) is 46.0 Å². The monoisotopic (exact) mass is 539 g/mol. The molecule has 4 aromatic rings. The van der Waals surface area contributed by atoms with E-state index in [0.29, 0.717) is 37.2 Å². The molecule has 8 nitrogen and oxygen atoms in total. The quantitative estimate of drug-likeness (QED) is 0.268. The molecule has 2 heterocycles. The SMILES string of the molecule is Cc1oc(-c2cccc(Br)c2)nc1CN(Cc1ccc(OC(C)(C)C(=O)O)cc1)Cc1ncco1. The zero-order chi connectivity index (χ0) is 25.0. The van der Waals surface area contributed by atoms with E-state index in [4.69, 9.17) is 18.6 Å². The number of rotatable bonds is 10. The van der Waals surface area contributed by atoms with Gasteiger partial charge in [0.05, 0.1) is 18.4 Å². The molecule has 9 heteroatoms. The third-order valence-electron chi connectivity index (χ3n) is 5.40. The lowest BCUT2D eigenvalue weighted by Gasteiger charge is -2.22. The fraction of sp³-hybridized carbons (Fsp3) is 0.269. The summed E-state index contributed by atoms with van der Waals surface area (Å²) in [5.41, 5.74) is 1.43. The first-order chi connectivity index (χ1) is 16.7. The van der Waals surface area contributed by atoms with Crippen LogP contribution >= 0.6 is 15.9 Å². The first-order valence-corrected chi connectivity index (χ1v) is 11.8. The zero-order valence-electron chi connectivity index (χ0n) is 19.7. The summed E-state index contributed by atoms with van der Waals surface area (Å²) in [6.45, 7) is 6.53. The molecule has 0 saturated heterocycles. The summed E-state index contributed by atoms with van der Waals surface area (Å²) >= 11 is 3.49. The molecule has 0 fully saturated rings. The number of halogens is 1. The van der Waals surface area contributed by atoms with Crippen LogP contribution < -0.4 is 4.74 Å². The lowest BCUT2D eigenvalue weighted by Crippen LogP contribution is -2.37. The number of benzene rings is 2. The zero-order valence-corrected chi connectivity index (χ0v) is 21.3. The predicted octanol–water partition coefficient (Wildman–Crippen LogP) is 5.84. The number of hydrogen-bond acceptors (Lipinski definition) is 7. The molecule has 0 atom stereocenters. The van der Waals surface area contributed by atoms with Crippen molar-refractivity contribution >= 4 is 21.9 Å². The fourth-order valence-electron chi connectivity index (χ4n) is 3.48. The number of oxazole rings is 2. The number of hydrogen-bond donors (Lipinski definition) is 1. The van der Waals surface area contributed by atoms with Crippen molar-refractivity contribution in [2.75, 3.05) is 0 Å². The lowest BCUT2D eigenvalue weighted by molar-refractivity contribution is -0.152. The minimum atomic E-state index is -1.31. The molecule has 182 valence electrons. The van der Waals surface area contributed by atoms with Gasteiger partial charge in [-0.05, 0) is 56.7 Å². The highest BCUT2D eigenvalue weighted by atomic mass is 79.9. The highest BCUT2D eigenvalue weighted by Crippen LogP contribution is 2.26. The number of carboxylic acids is 1. The summed E-state index contributed by atoms with van der Waals surface area (Å²) in [6.07, 6.45) is 3.17. The molecule has 0 aliphatic rings. The van der Waals surface area contributed by atoms with E-state index in [0.717, 1.165) is 27.1 Å². The Morgan fingerprint density at radius 3 is 2.57 bits per heavy atom. The van der Waals surface area contributed by atoms with Gasteiger partial charge in [-0.25, -0.2) is 14.8 Å². The van der Waals surface area contributed by atoms with Gasteiger partial charge in [0.25, 0.3) is 0 Å². The summed E-state index contributed by atoms with van der Waals surface area (Å²) in [6, 6.07) is 15.2. The number of aliphatic carboxylic acids is 1. The highest BCUT2D eigenvalue weighted by molar-refractivity contribution is 9.10. The average molecular weight is 540 g/mol. The molecule has 0 saturated carbocycles. The third-order valence-corrected chi connectivity index (χ3v) is 5.89. The second-order valence-electron chi connectivity index (χ2n) is 8.66. The number of carboxylic acid groups (broad SMARTS) is 1. The minimum Gasteiger partial charge on any atom is -0.478 e. The number of nitrogens with zero attached hydrogens (tertiary/aromatic N) is 3. The van der Waals surface area contributed by atoms with Crippen LogP contribution in [0.4, 0.5) is 0 Å². The highest BCUT2D eigenvalue weighted by Gasteiger charge is 2.29. The van der Waals surface area contributed by atoms with Crippen molar-refractivity contribution in [2.24, 2.45) is 0 Å². The molecular formula is C26H26BrN3O5. The van der Waals surface area contributed by atoms with E-state index in [-0.39, 0.29) is 0 Å². The van der Waals surface area contributed by atoms with Gasteiger partial charge in [-0.15, -0.1) is 0 Å². The van der Waals surface area contributed by atoms with Gasteiger partial charge in [-0.3, -0.25) is 4.90 Å². The summed E-state index contributed by atoms with van der Waals surface area (Å²) < 4.78 is 18.0. The maximum Gasteiger partial charge on any atom is 0.347 e. The van der Waals surface area contributed by atoms with Gasteiger partial charge in [0.2, 0.25) is 11.8 Å². The summed E-state index contributed by atoms with van der Waals surface area (Å²) in [7, 11) is 0. The van der Waals surface area contributed by atoms with E-state index in [1.165, 1.54) is 13.8 Å². The Balaban J connectivity index is 1.52. The van der Waals surface area contributed by atoms with Crippen LogP contribution in [0.5, 0.6) is 5.75 Å². The summed E-state index contributed by atoms with van der Waals surface area (Å²) in [5, 5.41) is 9.29. The van der Waals surface area contributed by atoms with Gasteiger partial charge >= 0.3 is 5.97 Å². The van der Waals surface area contributed by atoms with Crippen molar-refractivity contribution in [1.82, 2.24) is 14.9 Å². The van der Waals surface area contributed by atoms with Crippen LogP contribution in [0.15, 0.2) is 74.3 Å². The van der Waals surface area contributed by atoms with Crippen molar-refractivity contribution in [3.05, 3.63) is 88.4 Å². The van der Waals surface area contributed by atoms with Gasteiger partial charge in [0, 0.05) is 23.1 Å². The maximum absolute atomic E-state index is 11.3.